The smallest absolute Gasteiger partial charge is 0.414 e. The molecule has 9 nitrogen and oxygen atoms in total. The van der Waals surface area contributed by atoms with Crippen molar-refractivity contribution in [3.8, 4) is 5.75 Å². The number of anilines is 1. The maximum atomic E-state index is 13.4. The van der Waals surface area contributed by atoms with Crippen LogP contribution in [0, 0.1) is 5.92 Å². The predicted octanol–water partition coefficient (Wildman–Crippen LogP) is 5.10. The van der Waals surface area contributed by atoms with Gasteiger partial charge in [-0.05, 0) is 79.4 Å². The zero-order valence-corrected chi connectivity index (χ0v) is 24.7. The zero-order valence-electron chi connectivity index (χ0n) is 23.8. The quantitative estimate of drug-likeness (QED) is 0.362. The molecule has 2 bridgehead atoms. The second-order valence-electron chi connectivity index (χ2n) is 11.2. The van der Waals surface area contributed by atoms with E-state index in [1.54, 1.807) is 17.0 Å². The van der Waals surface area contributed by atoms with Gasteiger partial charge in [0.05, 0.1) is 6.54 Å². The number of hydrogen-bond donors (Lipinski definition) is 1. The average Bonchev–Trinajstić information content (AvgIpc) is 3.55. The Bertz CT molecular complexity index is 1430. The van der Waals surface area contributed by atoms with Crippen LogP contribution in [0.25, 0.3) is 0 Å². The number of ether oxygens (including phenoxy) is 2. The van der Waals surface area contributed by atoms with E-state index in [1.165, 1.54) is 16.7 Å². The first-order valence-electron chi connectivity index (χ1n) is 14.7. The van der Waals surface area contributed by atoms with Crippen LogP contribution in [-0.4, -0.2) is 76.3 Å². The number of carbonyl (C=O) groups is 3. The fourth-order valence-corrected chi connectivity index (χ4v) is 6.99. The Kier molecular flexibility index (Phi) is 8.85. The first kappa shape index (κ1) is 29.1. The van der Waals surface area contributed by atoms with Crippen LogP contribution in [-0.2, 0) is 22.7 Å². The Labute approximate surface area is 255 Å². The van der Waals surface area contributed by atoms with Crippen LogP contribution in [0.5, 0.6) is 5.75 Å². The molecular formula is C33H35N3O6S. The number of carboxylic acids is 1. The number of amides is 2. The summed E-state index contributed by atoms with van der Waals surface area (Å²) in [6.45, 7) is 4.10. The highest BCUT2D eigenvalue weighted by atomic mass is 32.2. The Hall–Kier alpha value is -4.02. The highest BCUT2D eigenvalue weighted by Gasteiger charge is 2.38. The second kappa shape index (κ2) is 13.1. The van der Waals surface area contributed by atoms with Crippen LogP contribution in [0.3, 0.4) is 0 Å². The van der Waals surface area contributed by atoms with Crippen molar-refractivity contribution < 1.29 is 29.0 Å². The summed E-state index contributed by atoms with van der Waals surface area (Å²) in [5.74, 6) is 0.458. The molecule has 0 aromatic heterocycles. The molecule has 3 aromatic rings. The average molecular weight is 602 g/mol. The third-order valence-electron chi connectivity index (χ3n) is 8.37. The summed E-state index contributed by atoms with van der Waals surface area (Å²) in [5.41, 5.74) is 3.08. The maximum Gasteiger partial charge on any atom is 0.414 e. The van der Waals surface area contributed by atoms with E-state index in [9.17, 15) is 19.5 Å². The minimum Gasteiger partial charge on any atom is -0.489 e. The molecule has 4 heterocycles. The molecule has 7 rings (SSSR count). The number of para-hydroxylation sites is 1. The summed E-state index contributed by atoms with van der Waals surface area (Å²) in [5, 5.41) is 8.52. The van der Waals surface area contributed by atoms with Gasteiger partial charge in [-0.25, -0.2) is 9.59 Å². The highest BCUT2D eigenvalue weighted by Crippen LogP contribution is 2.31. The largest absolute Gasteiger partial charge is 0.489 e. The minimum absolute atomic E-state index is 0.0648. The summed E-state index contributed by atoms with van der Waals surface area (Å²) in [4.78, 5) is 43.1. The molecule has 2 amide bonds. The van der Waals surface area contributed by atoms with Crippen molar-refractivity contribution in [1.29, 1.82) is 0 Å². The van der Waals surface area contributed by atoms with Crippen molar-refractivity contribution in [2.75, 3.05) is 36.8 Å². The van der Waals surface area contributed by atoms with Gasteiger partial charge < -0.3 is 19.5 Å². The third kappa shape index (κ3) is 6.81. The SMILES string of the molecule is O=C(O)[C@@H]1SCCN1C(=O)c1ccc(COc2ccc(CN(C(=O)O[C@H]3CN4CCC3CC4)c3ccccc3)cc2)cc1. The Balaban J connectivity index is 1.05. The van der Waals surface area contributed by atoms with Gasteiger partial charge in [-0.3, -0.25) is 14.6 Å². The predicted molar refractivity (Wildman–Crippen MR) is 164 cm³/mol. The molecule has 0 unspecified atom stereocenters. The topological polar surface area (TPSA) is 99.6 Å². The molecule has 4 saturated heterocycles. The zero-order chi connectivity index (χ0) is 29.8. The molecule has 10 heteroatoms. The second-order valence-corrected chi connectivity index (χ2v) is 12.4. The van der Waals surface area contributed by atoms with Gasteiger partial charge in [0.15, 0.2) is 5.37 Å². The third-order valence-corrected chi connectivity index (χ3v) is 9.56. The fourth-order valence-electron chi connectivity index (χ4n) is 5.94. The van der Waals surface area contributed by atoms with Crippen molar-refractivity contribution in [3.63, 3.8) is 0 Å². The Morgan fingerprint density at radius 2 is 1.58 bits per heavy atom. The van der Waals surface area contributed by atoms with Crippen LogP contribution >= 0.6 is 11.8 Å². The first-order chi connectivity index (χ1) is 20.9. The first-order valence-corrected chi connectivity index (χ1v) is 15.7. The molecule has 1 N–H and O–H groups in total. The summed E-state index contributed by atoms with van der Waals surface area (Å²) in [7, 11) is 0. The molecule has 0 aliphatic carbocycles. The normalized spacial score (nSPS) is 22.7. The van der Waals surface area contributed by atoms with Crippen molar-refractivity contribution in [2.24, 2.45) is 5.92 Å². The number of aliphatic carboxylic acids is 1. The fraction of sp³-hybridized carbons (Fsp3) is 0.364. The molecule has 0 spiro atoms. The molecule has 0 radical (unpaired) electrons. The lowest BCUT2D eigenvalue weighted by Gasteiger charge is -2.44. The van der Waals surface area contributed by atoms with Crippen LogP contribution in [0.4, 0.5) is 10.5 Å². The van der Waals surface area contributed by atoms with E-state index >= 15 is 0 Å². The number of thioether (sulfide) groups is 1. The molecule has 43 heavy (non-hydrogen) atoms. The number of carbonyl (C=O) groups excluding carboxylic acids is 2. The molecule has 4 fully saturated rings. The van der Waals surface area contributed by atoms with Crippen molar-refractivity contribution >= 4 is 35.4 Å². The van der Waals surface area contributed by atoms with Gasteiger partial charge in [-0.1, -0.05) is 42.5 Å². The molecule has 224 valence electrons. The van der Waals surface area contributed by atoms with Gasteiger partial charge in [-0.2, -0.15) is 0 Å². The van der Waals surface area contributed by atoms with Gasteiger partial charge in [0.2, 0.25) is 0 Å². The molecule has 2 atom stereocenters. The Morgan fingerprint density at radius 3 is 2.23 bits per heavy atom. The summed E-state index contributed by atoms with van der Waals surface area (Å²) in [6.07, 6.45) is 1.77. The summed E-state index contributed by atoms with van der Waals surface area (Å²) in [6, 6.07) is 24.3. The van der Waals surface area contributed by atoms with Crippen molar-refractivity contribution in [3.05, 3.63) is 95.6 Å². The summed E-state index contributed by atoms with van der Waals surface area (Å²) >= 11 is 1.26. The number of nitrogens with zero attached hydrogens (tertiary/aromatic N) is 3. The van der Waals surface area contributed by atoms with E-state index in [2.05, 4.69) is 4.90 Å². The van der Waals surface area contributed by atoms with Crippen LogP contribution < -0.4 is 9.64 Å². The van der Waals surface area contributed by atoms with Gasteiger partial charge >= 0.3 is 12.1 Å². The monoisotopic (exact) mass is 601 g/mol. The minimum atomic E-state index is -0.996. The molecule has 4 aliphatic heterocycles. The number of fused-ring (bicyclic) bond motifs is 3. The highest BCUT2D eigenvalue weighted by molar-refractivity contribution is 8.00. The van der Waals surface area contributed by atoms with E-state index in [4.69, 9.17) is 9.47 Å². The van der Waals surface area contributed by atoms with Gasteiger partial charge in [-0.15, -0.1) is 11.8 Å². The lowest BCUT2D eigenvalue weighted by Crippen LogP contribution is -2.53. The molecular weight excluding hydrogens is 566 g/mol. The number of rotatable bonds is 9. The van der Waals surface area contributed by atoms with Crippen LogP contribution in [0.2, 0.25) is 0 Å². The Morgan fingerprint density at radius 1 is 0.884 bits per heavy atom. The summed E-state index contributed by atoms with van der Waals surface area (Å²) < 4.78 is 12.0. The van der Waals surface area contributed by atoms with Gasteiger partial charge in [0, 0.05) is 30.1 Å². The number of carboxylic acid groups (broad SMARTS) is 1. The number of piperidine rings is 3. The van der Waals surface area contributed by atoms with Crippen LogP contribution in [0.1, 0.15) is 34.3 Å². The van der Waals surface area contributed by atoms with E-state index in [0.717, 1.165) is 49.3 Å². The number of hydrogen-bond acceptors (Lipinski definition) is 7. The molecule has 0 saturated carbocycles. The molecule has 4 aliphatic rings. The lowest BCUT2D eigenvalue weighted by molar-refractivity contribution is -0.138. The maximum absolute atomic E-state index is 13.4. The number of benzene rings is 3. The van der Waals surface area contributed by atoms with E-state index in [1.807, 2.05) is 66.7 Å². The van der Waals surface area contributed by atoms with Gasteiger partial charge in [0.1, 0.15) is 18.5 Å². The van der Waals surface area contributed by atoms with Gasteiger partial charge in [0.25, 0.3) is 5.91 Å². The lowest BCUT2D eigenvalue weighted by atomic mass is 9.86. The van der Waals surface area contributed by atoms with E-state index in [-0.39, 0.29) is 18.1 Å². The van der Waals surface area contributed by atoms with Crippen LogP contribution in [0.15, 0.2) is 78.9 Å². The van der Waals surface area contributed by atoms with Crippen molar-refractivity contribution in [1.82, 2.24) is 9.80 Å². The molecule has 3 aromatic carbocycles. The van der Waals surface area contributed by atoms with E-state index in [0.29, 0.717) is 42.7 Å². The van der Waals surface area contributed by atoms with Crippen molar-refractivity contribution in [2.45, 2.75) is 37.5 Å². The standard InChI is InChI=1S/C33H35N3O6S/c37-30(35-18-19-43-31(35)32(38)39)26-10-6-24(7-11-26)22-41-28-12-8-23(9-13-28)20-36(27-4-2-1-3-5-27)33(40)42-29-21-34-16-14-25(29)15-17-34/h1-13,25,29,31H,14-22H2,(H,38,39)/t29-,31-/m0/s1. The van der Waals surface area contributed by atoms with E-state index < -0.39 is 11.3 Å².